The van der Waals surface area contributed by atoms with E-state index in [-0.39, 0.29) is 0 Å². The Morgan fingerprint density at radius 1 is 1.50 bits per heavy atom. The number of aldehydes is 1. The molecular formula is C8H5ClN2O. The van der Waals surface area contributed by atoms with Gasteiger partial charge in [0.15, 0.2) is 6.29 Å². The van der Waals surface area contributed by atoms with E-state index >= 15 is 0 Å². The first-order valence-corrected chi connectivity index (χ1v) is 3.76. The average molecular weight is 181 g/mol. The first-order valence-electron chi connectivity index (χ1n) is 3.38. The summed E-state index contributed by atoms with van der Waals surface area (Å²) in [6.45, 7) is 0. The Bertz CT molecular complexity index is 436. The standard InChI is InChI=1S/C8H5ClN2O/c9-7-3-10-2-6-5(4-12)1-11-8(6)7/h1-4,11H. The van der Waals surface area contributed by atoms with Crippen molar-refractivity contribution >= 4 is 28.8 Å². The SMILES string of the molecule is O=Cc1c[nH]c2c(Cl)cncc12. The topological polar surface area (TPSA) is 45.8 Å². The zero-order valence-corrected chi connectivity index (χ0v) is 6.80. The Hall–Kier alpha value is -1.35. The maximum absolute atomic E-state index is 10.5. The number of aromatic nitrogens is 2. The molecule has 3 nitrogen and oxygen atoms in total. The largest absolute Gasteiger partial charge is 0.359 e. The molecule has 0 fully saturated rings. The zero-order valence-electron chi connectivity index (χ0n) is 6.04. The summed E-state index contributed by atoms with van der Waals surface area (Å²) < 4.78 is 0. The Labute approximate surface area is 73.4 Å². The lowest BCUT2D eigenvalue weighted by molar-refractivity contribution is 0.112. The molecule has 0 aliphatic heterocycles. The normalized spacial score (nSPS) is 10.4. The summed E-state index contributed by atoms with van der Waals surface area (Å²) in [5.74, 6) is 0. The number of halogens is 1. The van der Waals surface area contributed by atoms with Gasteiger partial charge in [-0.05, 0) is 0 Å². The molecule has 1 N–H and O–H groups in total. The fourth-order valence-corrected chi connectivity index (χ4v) is 1.34. The van der Waals surface area contributed by atoms with E-state index in [2.05, 4.69) is 9.97 Å². The molecule has 60 valence electrons. The number of hydrogen-bond donors (Lipinski definition) is 1. The number of nitrogens with zero attached hydrogens (tertiary/aromatic N) is 1. The van der Waals surface area contributed by atoms with Crippen molar-refractivity contribution in [3.05, 3.63) is 29.2 Å². The third kappa shape index (κ3) is 0.905. The molecule has 2 aromatic heterocycles. The van der Waals surface area contributed by atoms with Crippen LogP contribution in [0, 0.1) is 0 Å². The summed E-state index contributed by atoms with van der Waals surface area (Å²) in [6.07, 6.45) is 5.54. The number of aromatic amines is 1. The molecule has 2 rings (SSSR count). The molecule has 0 saturated heterocycles. The van der Waals surface area contributed by atoms with E-state index in [4.69, 9.17) is 11.6 Å². The highest BCUT2D eigenvalue weighted by Crippen LogP contribution is 2.22. The van der Waals surface area contributed by atoms with Gasteiger partial charge in [-0.3, -0.25) is 9.78 Å². The number of carbonyl (C=O) groups is 1. The Morgan fingerprint density at radius 3 is 3.08 bits per heavy atom. The van der Waals surface area contributed by atoms with E-state index in [0.717, 1.165) is 17.2 Å². The summed E-state index contributed by atoms with van der Waals surface area (Å²) >= 11 is 5.82. The van der Waals surface area contributed by atoms with Crippen LogP contribution in [0.5, 0.6) is 0 Å². The second kappa shape index (κ2) is 2.60. The Kier molecular flexibility index (Phi) is 1.59. The second-order valence-corrected chi connectivity index (χ2v) is 2.81. The molecule has 12 heavy (non-hydrogen) atoms. The van der Waals surface area contributed by atoms with E-state index in [1.165, 1.54) is 6.20 Å². The lowest BCUT2D eigenvalue weighted by Crippen LogP contribution is -1.77. The number of hydrogen-bond acceptors (Lipinski definition) is 2. The van der Waals surface area contributed by atoms with Gasteiger partial charge in [0.25, 0.3) is 0 Å². The minimum atomic E-state index is 0.528. The highest BCUT2D eigenvalue weighted by molar-refractivity contribution is 6.35. The predicted octanol–water partition coefficient (Wildman–Crippen LogP) is 2.03. The Morgan fingerprint density at radius 2 is 2.33 bits per heavy atom. The van der Waals surface area contributed by atoms with Gasteiger partial charge in [0.2, 0.25) is 0 Å². The Balaban J connectivity index is 2.88. The lowest BCUT2D eigenvalue weighted by Gasteiger charge is -1.91. The van der Waals surface area contributed by atoms with Crippen LogP contribution >= 0.6 is 11.6 Å². The van der Waals surface area contributed by atoms with Crippen LogP contribution in [0.4, 0.5) is 0 Å². The quantitative estimate of drug-likeness (QED) is 0.683. The van der Waals surface area contributed by atoms with Crippen molar-refractivity contribution in [2.45, 2.75) is 0 Å². The summed E-state index contributed by atoms with van der Waals surface area (Å²) in [7, 11) is 0. The molecule has 2 aromatic rings. The molecule has 0 saturated carbocycles. The van der Waals surface area contributed by atoms with E-state index in [9.17, 15) is 4.79 Å². The fourth-order valence-electron chi connectivity index (χ4n) is 1.13. The lowest BCUT2D eigenvalue weighted by atomic mass is 10.2. The number of H-pyrrole nitrogens is 1. The molecule has 0 aromatic carbocycles. The monoisotopic (exact) mass is 180 g/mol. The van der Waals surface area contributed by atoms with Crippen molar-refractivity contribution in [3.8, 4) is 0 Å². The molecular weight excluding hydrogens is 176 g/mol. The first kappa shape index (κ1) is 7.31. The minimum absolute atomic E-state index is 0.528. The molecule has 0 aliphatic carbocycles. The van der Waals surface area contributed by atoms with Crippen LogP contribution in [0.3, 0.4) is 0 Å². The van der Waals surface area contributed by atoms with E-state index in [1.807, 2.05) is 0 Å². The molecule has 0 bridgehead atoms. The molecule has 0 amide bonds. The molecule has 2 heterocycles. The summed E-state index contributed by atoms with van der Waals surface area (Å²) in [5.41, 5.74) is 1.34. The van der Waals surface area contributed by atoms with Gasteiger partial charge in [-0.1, -0.05) is 11.6 Å². The highest BCUT2D eigenvalue weighted by Gasteiger charge is 2.04. The average Bonchev–Trinajstić information content (AvgIpc) is 2.49. The fraction of sp³-hybridized carbons (Fsp3) is 0. The molecule has 0 unspecified atom stereocenters. The predicted molar refractivity (Wildman–Crippen MR) is 46.5 cm³/mol. The van der Waals surface area contributed by atoms with Crippen molar-refractivity contribution in [1.29, 1.82) is 0 Å². The third-order valence-corrected chi connectivity index (χ3v) is 2.00. The maximum atomic E-state index is 10.5. The van der Waals surface area contributed by atoms with Crippen molar-refractivity contribution < 1.29 is 4.79 Å². The first-order chi connectivity index (χ1) is 5.83. The van der Waals surface area contributed by atoms with Crippen molar-refractivity contribution in [2.24, 2.45) is 0 Å². The molecule has 4 heteroatoms. The van der Waals surface area contributed by atoms with Crippen LogP contribution in [0.25, 0.3) is 10.9 Å². The molecule has 0 spiro atoms. The van der Waals surface area contributed by atoms with Gasteiger partial charge in [-0.15, -0.1) is 0 Å². The maximum Gasteiger partial charge on any atom is 0.152 e. The molecule has 0 atom stereocenters. The van der Waals surface area contributed by atoms with Crippen LogP contribution in [0.1, 0.15) is 10.4 Å². The minimum Gasteiger partial charge on any atom is -0.359 e. The van der Waals surface area contributed by atoms with Gasteiger partial charge in [-0.2, -0.15) is 0 Å². The van der Waals surface area contributed by atoms with Gasteiger partial charge < -0.3 is 4.98 Å². The third-order valence-electron chi connectivity index (χ3n) is 1.71. The van der Waals surface area contributed by atoms with Crippen LogP contribution in [-0.2, 0) is 0 Å². The van der Waals surface area contributed by atoms with Crippen LogP contribution in [0.15, 0.2) is 18.6 Å². The van der Waals surface area contributed by atoms with Gasteiger partial charge in [0, 0.05) is 29.5 Å². The summed E-state index contributed by atoms with van der Waals surface area (Å²) in [5, 5.41) is 1.29. The number of carbonyl (C=O) groups excluding carboxylic acids is 1. The smallest absolute Gasteiger partial charge is 0.152 e. The second-order valence-electron chi connectivity index (χ2n) is 2.41. The summed E-state index contributed by atoms with van der Waals surface area (Å²) in [4.78, 5) is 17.3. The molecule has 0 aliphatic rings. The van der Waals surface area contributed by atoms with Gasteiger partial charge in [0.05, 0.1) is 10.5 Å². The van der Waals surface area contributed by atoms with Crippen LogP contribution in [0.2, 0.25) is 5.02 Å². The number of rotatable bonds is 1. The van der Waals surface area contributed by atoms with E-state index < -0.39 is 0 Å². The van der Waals surface area contributed by atoms with Crippen LogP contribution in [-0.4, -0.2) is 16.3 Å². The summed E-state index contributed by atoms with van der Waals surface area (Å²) in [6, 6.07) is 0. The molecule has 0 radical (unpaired) electrons. The van der Waals surface area contributed by atoms with Crippen LogP contribution < -0.4 is 0 Å². The number of pyridine rings is 1. The zero-order chi connectivity index (χ0) is 8.55. The number of nitrogens with one attached hydrogen (secondary N) is 1. The van der Waals surface area contributed by atoms with Crippen molar-refractivity contribution in [2.75, 3.05) is 0 Å². The highest BCUT2D eigenvalue weighted by atomic mass is 35.5. The van der Waals surface area contributed by atoms with Gasteiger partial charge >= 0.3 is 0 Å². The number of fused-ring (bicyclic) bond motifs is 1. The van der Waals surface area contributed by atoms with Gasteiger partial charge in [0.1, 0.15) is 0 Å². The van der Waals surface area contributed by atoms with Crippen molar-refractivity contribution in [1.82, 2.24) is 9.97 Å². The van der Waals surface area contributed by atoms with E-state index in [1.54, 1.807) is 12.4 Å². The van der Waals surface area contributed by atoms with Gasteiger partial charge in [-0.25, -0.2) is 0 Å². The van der Waals surface area contributed by atoms with E-state index in [0.29, 0.717) is 10.6 Å². The van der Waals surface area contributed by atoms with Crippen molar-refractivity contribution in [3.63, 3.8) is 0 Å².